The molecule has 1 heterocycles. The molecule has 1 aliphatic rings. The molecule has 3 nitrogen and oxygen atoms in total. The molecule has 0 amide bonds. The van der Waals surface area contributed by atoms with Crippen molar-refractivity contribution >= 4 is 11.3 Å². The third-order valence-corrected chi connectivity index (χ3v) is 5.12. The molecule has 1 fully saturated rings. The summed E-state index contributed by atoms with van der Waals surface area (Å²) in [6.07, 6.45) is 10.8. The number of hydrogen-bond acceptors (Lipinski definition) is 4. The van der Waals surface area contributed by atoms with Gasteiger partial charge in [-0.3, -0.25) is 0 Å². The predicted octanol–water partition coefficient (Wildman–Crippen LogP) is 4.11. The van der Waals surface area contributed by atoms with Gasteiger partial charge in [-0.05, 0) is 25.8 Å². The average Bonchev–Trinajstić information content (AvgIpc) is 2.73. The lowest BCUT2D eigenvalue weighted by molar-refractivity contribution is 0.456. The zero-order chi connectivity index (χ0) is 13.5. The Morgan fingerprint density at radius 1 is 1.21 bits per heavy atom. The Hall–Kier alpha value is -0.480. The van der Waals surface area contributed by atoms with Gasteiger partial charge < -0.3 is 5.32 Å². The van der Waals surface area contributed by atoms with Gasteiger partial charge in [-0.2, -0.15) is 0 Å². The Balaban J connectivity index is 1.85. The molecule has 0 radical (unpaired) electrons. The van der Waals surface area contributed by atoms with E-state index < -0.39 is 0 Å². The Kier molecular flexibility index (Phi) is 6.24. The van der Waals surface area contributed by atoms with Crippen LogP contribution in [0.3, 0.4) is 0 Å². The molecule has 19 heavy (non-hydrogen) atoms. The number of hydrogen-bond donors (Lipinski definition) is 1. The number of aromatic nitrogens is 2. The molecule has 1 aromatic rings. The Labute approximate surface area is 121 Å². The van der Waals surface area contributed by atoms with Gasteiger partial charge in [-0.1, -0.05) is 56.8 Å². The highest BCUT2D eigenvalue weighted by molar-refractivity contribution is 7.11. The maximum Gasteiger partial charge on any atom is 0.134 e. The summed E-state index contributed by atoms with van der Waals surface area (Å²) in [4.78, 5) is 0. The van der Waals surface area contributed by atoms with E-state index in [1.54, 1.807) is 0 Å². The van der Waals surface area contributed by atoms with Gasteiger partial charge in [0.15, 0.2) is 0 Å². The fourth-order valence-electron chi connectivity index (χ4n) is 2.79. The van der Waals surface area contributed by atoms with Crippen molar-refractivity contribution in [1.29, 1.82) is 0 Å². The molecule has 1 N–H and O–H groups in total. The monoisotopic (exact) mass is 281 g/mol. The van der Waals surface area contributed by atoms with E-state index in [1.165, 1.54) is 43.5 Å². The molecular weight excluding hydrogens is 254 g/mol. The third kappa shape index (κ3) is 4.84. The zero-order valence-electron chi connectivity index (χ0n) is 12.3. The topological polar surface area (TPSA) is 37.8 Å². The third-order valence-electron chi connectivity index (χ3n) is 3.99. The van der Waals surface area contributed by atoms with E-state index in [0.29, 0.717) is 6.04 Å². The first-order valence-electron chi connectivity index (χ1n) is 7.85. The lowest BCUT2D eigenvalue weighted by Gasteiger charge is -2.11. The van der Waals surface area contributed by atoms with E-state index in [-0.39, 0.29) is 0 Å². The largest absolute Gasteiger partial charge is 0.308 e. The molecule has 1 aliphatic carbocycles. The summed E-state index contributed by atoms with van der Waals surface area (Å²) in [5.41, 5.74) is 0. The van der Waals surface area contributed by atoms with Crippen LogP contribution in [-0.4, -0.2) is 16.7 Å². The van der Waals surface area contributed by atoms with Crippen LogP contribution >= 0.6 is 11.3 Å². The van der Waals surface area contributed by atoms with Crippen LogP contribution in [0, 0.1) is 5.92 Å². The van der Waals surface area contributed by atoms with Crippen molar-refractivity contribution in [3.05, 3.63) is 10.0 Å². The van der Waals surface area contributed by atoms with E-state index in [0.717, 1.165) is 30.3 Å². The van der Waals surface area contributed by atoms with Gasteiger partial charge in [0.25, 0.3) is 0 Å². The summed E-state index contributed by atoms with van der Waals surface area (Å²) in [5, 5.41) is 14.6. The summed E-state index contributed by atoms with van der Waals surface area (Å²) in [6.45, 7) is 5.43. The standard InChI is InChI=1S/C15H27N3S/c1-3-10-16-12(2)15-18-17-14(19-15)11-13-8-6-4-5-7-9-13/h12-13,16H,3-11H2,1-2H3. The summed E-state index contributed by atoms with van der Waals surface area (Å²) >= 11 is 1.81. The highest BCUT2D eigenvalue weighted by Crippen LogP contribution is 2.28. The molecule has 1 atom stereocenters. The van der Waals surface area contributed by atoms with Crippen LogP contribution in [0.5, 0.6) is 0 Å². The lowest BCUT2D eigenvalue weighted by Crippen LogP contribution is -2.19. The smallest absolute Gasteiger partial charge is 0.134 e. The molecule has 0 aliphatic heterocycles. The second-order valence-corrected chi connectivity index (χ2v) is 6.87. The van der Waals surface area contributed by atoms with Gasteiger partial charge in [0.2, 0.25) is 0 Å². The summed E-state index contributed by atoms with van der Waals surface area (Å²) in [7, 11) is 0. The zero-order valence-corrected chi connectivity index (χ0v) is 13.1. The molecule has 0 spiro atoms. The number of rotatable bonds is 6. The molecule has 0 bridgehead atoms. The van der Waals surface area contributed by atoms with Crippen LogP contribution in [0.25, 0.3) is 0 Å². The van der Waals surface area contributed by atoms with Crippen molar-refractivity contribution in [3.8, 4) is 0 Å². The summed E-state index contributed by atoms with van der Waals surface area (Å²) in [6, 6.07) is 0.348. The van der Waals surface area contributed by atoms with Crippen LogP contribution in [-0.2, 0) is 6.42 Å². The van der Waals surface area contributed by atoms with Gasteiger partial charge >= 0.3 is 0 Å². The van der Waals surface area contributed by atoms with Crippen LogP contribution < -0.4 is 5.32 Å². The molecular formula is C15H27N3S. The first-order valence-corrected chi connectivity index (χ1v) is 8.67. The molecule has 1 saturated carbocycles. The van der Waals surface area contributed by atoms with Crippen molar-refractivity contribution in [2.24, 2.45) is 5.92 Å². The predicted molar refractivity (Wildman–Crippen MR) is 81.5 cm³/mol. The second-order valence-electron chi connectivity index (χ2n) is 5.77. The minimum atomic E-state index is 0.348. The minimum absolute atomic E-state index is 0.348. The molecule has 0 saturated heterocycles. The summed E-state index contributed by atoms with van der Waals surface area (Å²) < 4.78 is 0. The van der Waals surface area contributed by atoms with E-state index in [2.05, 4.69) is 29.4 Å². The molecule has 1 unspecified atom stereocenters. The van der Waals surface area contributed by atoms with Gasteiger partial charge in [0.1, 0.15) is 10.0 Å². The maximum absolute atomic E-state index is 4.40. The Bertz CT molecular complexity index is 356. The van der Waals surface area contributed by atoms with Crippen LogP contribution in [0.4, 0.5) is 0 Å². The average molecular weight is 281 g/mol. The highest BCUT2D eigenvalue weighted by Gasteiger charge is 2.17. The van der Waals surface area contributed by atoms with Crippen LogP contribution in [0.2, 0.25) is 0 Å². The van der Waals surface area contributed by atoms with Gasteiger partial charge in [0.05, 0.1) is 6.04 Å². The maximum atomic E-state index is 4.40. The van der Waals surface area contributed by atoms with Crippen molar-refractivity contribution < 1.29 is 0 Å². The van der Waals surface area contributed by atoms with E-state index in [1.807, 2.05) is 11.3 Å². The molecule has 0 aromatic carbocycles. The molecule has 1 aromatic heterocycles. The van der Waals surface area contributed by atoms with E-state index in [9.17, 15) is 0 Å². The number of nitrogens with zero attached hydrogens (tertiary/aromatic N) is 2. The molecule has 4 heteroatoms. The molecule has 108 valence electrons. The second kappa shape index (κ2) is 7.95. The highest BCUT2D eigenvalue weighted by atomic mass is 32.1. The van der Waals surface area contributed by atoms with Crippen molar-refractivity contribution in [3.63, 3.8) is 0 Å². The van der Waals surface area contributed by atoms with Crippen LogP contribution in [0.15, 0.2) is 0 Å². The fraction of sp³-hybridized carbons (Fsp3) is 0.867. The minimum Gasteiger partial charge on any atom is -0.308 e. The van der Waals surface area contributed by atoms with Crippen LogP contribution in [0.1, 0.15) is 74.9 Å². The molecule has 2 rings (SSSR count). The normalized spacial score (nSPS) is 19.3. The lowest BCUT2D eigenvalue weighted by atomic mass is 9.97. The fourth-order valence-corrected chi connectivity index (χ4v) is 3.77. The first-order chi connectivity index (χ1) is 9.29. The quantitative estimate of drug-likeness (QED) is 0.797. The van der Waals surface area contributed by atoms with E-state index in [4.69, 9.17) is 0 Å². The van der Waals surface area contributed by atoms with Crippen molar-refractivity contribution in [1.82, 2.24) is 15.5 Å². The Morgan fingerprint density at radius 3 is 2.63 bits per heavy atom. The summed E-state index contributed by atoms with van der Waals surface area (Å²) in [5.74, 6) is 0.849. The van der Waals surface area contributed by atoms with E-state index >= 15 is 0 Å². The van der Waals surface area contributed by atoms with Gasteiger partial charge in [-0.25, -0.2) is 0 Å². The van der Waals surface area contributed by atoms with Gasteiger partial charge in [0, 0.05) is 6.42 Å². The number of nitrogens with one attached hydrogen (secondary N) is 1. The SMILES string of the molecule is CCCNC(C)c1nnc(CC2CCCCCC2)s1. The van der Waals surface area contributed by atoms with Gasteiger partial charge in [-0.15, -0.1) is 10.2 Å². The first kappa shape index (κ1) is 14.9. The van der Waals surface area contributed by atoms with Crippen molar-refractivity contribution in [2.75, 3.05) is 6.54 Å². The van der Waals surface area contributed by atoms with Crippen molar-refractivity contribution in [2.45, 2.75) is 71.3 Å². The Morgan fingerprint density at radius 2 is 1.95 bits per heavy atom.